The number of alkyl halides is 3. The number of benzene rings is 1. The first-order valence-corrected chi connectivity index (χ1v) is 8.19. The van der Waals surface area contributed by atoms with Crippen LogP contribution in [0.3, 0.4) is 0 Å². The molecule has 2 fully saturated rings. The third-order valence-corrected chi connectivity index (χ3v) is 4.79. The summed E-state index contributed by atoms with van der Waals surface area (Å²) in [4.78, 5) is 12.5. The van der Waals surface area contributed by atoms with Crippen molar-refractivity contribution in [3.8, 4) is 0 Å². The third kappa shape index (κ3) is 3.43. The summed E-state index contributed by atoms with van der Waals surface area (Å²) < 4.78 is 28.4. The van der Waals surface area contributed by atoms with Crippen LogP contribution in [0, 0.1) is 0 Å². The molecule has 1 amide bonds. The van der Waals surface area contributed by atoms with E-state index >= 15 is 0 Å². The molecule has 2 saturated heterocycles. The monoisotopic (exact) mass is 343 g/mol. The van der Waals surface area contributed by atoms with Crippen molar-refractivity contribution in [3.63, 3.8) is 0 Å². The second kappa shape index (κ2) is 6.61. The van der Waals surface area contributed by atoms with Gasteiger partial charge in [-0.25, -0.2) is 8.78 Å². The van der Waals surface area contributed by atoms with Crippen LogP contribution >= 0.6 is 11.6 Å². The van der Waals surface area contributed by atoms with Gasteiger partial charge in [0.15, 0.2) is 5.00 Å². The molecule has 3 rings (SSSR count). The molecule has 4 atom stereocenters. The van der Waals surface area contributed by atoms with Gasteiger partial charge in [-0.15, -0.1) is 0 Å². The highest BCUT2D eigenvalue weighted by Gasteiger charge is 2.50. The molecule has 126 valence electrons. The molecule has 0 saturated carbocycles. The molecule has 4 nitrogen and oxygen atoms in total. The fourth-order valence-corrected chi connectivity index (χ4v) is 3.62. The Kier molecular flexibility index (Phi) is 4.73. The van der Waals surface area contributed by atoms with Crippen LogP contribution in [-0.2, 0) is 4.79 Å². The molecule has 1 aromatic carbocycles. The highest BCUT2D eigenvalue weighted by Crippen LogP contribution is 2.34. The number of rotatable bonds is 3. The maximum absolute atomic E-state index is 14.2. The topological polar surface area (TPSA) is 44.4 Å². The Labute approximate surface area is 139 Å². The fraction of sp³-hybridized carbons (Fsp3) is 0.562. The molecule has 0 spiro atoms. The fourth-order valence-electron chi connectivity index (χ4n) is 3.24. The predicted molar refractivity (Wildman–Crippen MR) is 86.0 cm³/mol. The van der Waals surface area contributed by atoms with E-state index in [9.17, 15) is 13.6 Å². The predicted octanol–water partition coefficient (Wildman–Crippen LogP) is 2.30. The largest absolute Gasteiger partial charge is 0.359 e. The van der Waals surface area contributed by atoms with Crippen LogP contribution in [0.15, 0.2) is 30.3 Å². The van der Waals surface area contributed by atoms with E-state index < -0.39 is 29.3 Å². The van der Waals surface area contributed by atoms with Gasteiger partial charge in [0.05, 0.1) is 12.6 Å². The molecule has 0 aliphatic carbocycles. The highest BCUT2D eigenvalue weighted by molar-refractivity contribution is 6.36. The lowest BCUT2D eigenvalue weighted by Gasteiger charge is -2.45. The average Bonchev–Trinajstić information content (AvgIpc) is 2.52. The zero-order valence-electron chi connectivity index (χ0n) is 12.6. The van der Waals surface area contributed by atoms with Gasteiger partial charge in [0.1, 0.15) is 12.3 Å². The smallest absolute Gasteiger partial charge is 0.264 e. The number of hydrogen-bond acceptors (Lipinski definition) is 3. The summed E-state index contributed by atoms with van der Waals surface area (Å²) in [6, 6.07) is 8.26. The first kappa shape index (κ1) is 16.5. The quantitative estimate of drug-likeness (QED) is 0.654. The van der Waals surface area contributed by atoms with Crippen LogP contribution in [0.25, 0.3) is 0 Å². The molecular weight excluding hydrogens is 324 g/mol. The van der Waals surface area contributed by atoms with E-state index in [-0.39, 0.29) is 13.0 Å². The molecular formula is C16H20ClF2N3O. The molecule has 2 N–H and O–H groups in total. The van der Waals surface area contributed by atoms with Gasteiger partial charge in [0.25, 0.3) is 5.91 Å². The van der Waals surface area contributed by atoms with Crippen molar-refractivity contribution < 1.29 is 13.6 Å². The number of piperidine rings is 2. The number of nitrogens with zero attached hydrogens (tertiary/aromatic N) is 1. The minimum absolute atomic E-state index is 0.115. The van der Waals surface area contributed by atoms with Gasteiger partial charge < -0.3 is 15.5 Å². The van der Waals surface area contributed by atoms with E-state index in [0.717, 1.165) is 0 Å². The van der Waals surface area contributed by atoms with Crippen LogP contribution < -0.4 is 10.6 Å². The summed E-state index contributed by atoms with van der Waals surface area (Å²) in [6.45, 7) is 0.765. The van der Waals surface area contributed by atoms with Crippen molar-refractivity contribution in [3.05, 3.63) is 30.3 Å². The summed E-state index contributed by atoms with van der Waals surface area (Å²) in [5.74, 6) is -0.465. The molecule has 2 aliphatic heterocycles. The maximum atomic E-state index is 14.2. The molecule has 0 aromatic heterocycles. The summed E-state index contributed by atoms with van der Waals surface area (Å²) in [5.41, 5.74) is 0.628. The van der Waals surface area contributed by atoms with Gasteiger partial charge in [-0.3, -0.25) is 4.79 Å². The summed E-state index contributed by atoms with van der Waals surface area (Å²) >= 11 is 6.43. The third-order valence-electron chi connectivity index (χ3n) is 4.38. The Morgan fingerprint density at radius 1 is 1.30 bits per heavy atom. The Morgan fingerprint density at radius 3 is 2.74 bits per heavy atom. The Bertz CT molecular complexity index is 562. The minimum Gasteiger partial charge on any atom is -0.359 e. The molecule has 23 heavy (non-hydrogen) atoms. The number of halogens is 3. The van der Waals surface area contributed by atoms with Gasteiger partial charge in [0, 0.05) is 18.7 Å². The normalized spacial score (nSPS) is 35.2. The number of carbonyl (C=O) groups excluding carboxylic acids is 1. The van der Waals surface area contributed by atoms with E-state index in [1.165, 1.54) is 4.90 Å². The van der Waals surface area contributed by atoms with E-state index in [4.69, 9.17) is 11.6 Å². The number of carbonyl (C=O) groups is 1. The second-order valence-corrected chi connectivity index (χ2v) is 6.77. The van der Waals surface area contributed by atoms with Crippen molar-refractivity contribution in [2.24, 2.45) is 0 Å². The number of para-hydroxylation sites is 1. The maximum Gasteiger partial charge on any atom is 0.264 e. The summed E-state index contributed by atoms with van der Waals surface area (Å²) in [7, 11) is 0. The highest BCUT2D eigenvalue weighted by atomic mass is 35.5. The molecule has 2 aliphatic rings. The van der Waals surface area contributed by atoms with Gasteiger partial charge in [-0.1, -0.05) is 29.8 Å². The number of hydrogen-bond donors (Lipinski definition) is 2. The molecule has 0 radical (unpaired) electrons. The van der Waals surface area contributed by atoms with Gasteiger partial charge in [0.2, 0.25) is 0 Å². The van der Waals surface area contributed by atoms with Gasteiger partial charge >= 0.3 is 0 Å². The van der Waals surface area contributed by atoms with Crippen molar-refractivity contribution in [1.82, 2.24) is 10.2 Å². The lowest BCUT2D eigenvalue weighted by molar-refractivity contribution is -0.143. The van der Waals surface area contributed by atoms with Crippen molar-refractivity contribution in [1.29, 1.82) is 0 Å². The lowest BCUT2D eigenvalue weighted by atomic mass is 9.96. The van der Waals surface area contributed by atoms with E-state index in [1.54, 1.807) is 24.3 Å². The van der Waals surface area contributed by atoms with Crippen molar-refractivity contribution >= 4 is 23.2 Å². The minimum atomic E-state index is -1.59. The van der Waals surface area contributed by atoms with Gasteiger partial charge in [-0.2, -0.15) is 0 Å². The number of anilines is 1. The van der Waals surface area contributed by atoms with Gasteiger partial charge in [-0.05, 0) is 25.1 Å². The average molecular weight is 344 g/mol. The van der Waals surface area contributed by atoms with E-state index in [0.29, 0.717) is 25.2 Å². The van der Waals surface area contributed by atoms with Crippen molar-refractivity contribution in [2.75, 3.05) is 25.0 Å². The number of likely N-dealkylation sites (tertiary alicyclic amines) is 1. The van der Waals surface area contributed by atoms with Crippen LogP contribution in [0.2, 0.25) is 0 Å². The number of amides is 1. The number of nitrogens with one attached hydrogen (secondary N) is 2. The van der Waals surface area contributed by atoms with Crippen LogP contribution in [0.5, 0.6) is 0 Å². The zero-order chi connectivity index (χ0) is 16.4. The van der Waals surface area contributed by atoms with E-state index in [1.807, 2.05) is 6.07 Å². The standard InChI is InChI=1S/C16H20ClF2N3O/c17-16(21-12-4-2-1-3-5-12)8-11(18)10-22(15(16)23)14-9-20-7-6-13(14)19/h1-5,11,13-14,20-21H,6-10H2. The second-order valence-electron chi connectivity index (χ2n) is 6.13. The Morgan fingerprint density at radius 2 is 2.04 bits per heavy atom. The Balaban J connectivity index is 1.82. The van der Waals surface area contributed by atoms with Crippen LogP contribution in [0.4, 0.5) is 14.5 Å². The molecule has 7 heteroatoms. The summed E-state index contributed by atoms with van der Waals surface area (Å²) in [6.07, 6.45) is -2.29. The molecule has 1 aromatic rings. The zero-order valence-corrected chi connectivity index (χ0v) is 13.4. The van der Waals surface area contributed by atoms with E-state index in [2.05, 4.69) is 10.6 Å². The molecule has 0 bridgehead atoms. The molecule has 2 heterocycles. The van der Waals surface area contributed by atoms with Crippen LogP contribution in [0.1, 0.15) is 12.8 Å². The summed E-state index contributed by atoms with van der Waals surface area (Å²) in [5, 5.41) is 5.97. The lowest BCUT2D eigenvalue weighted by Crippen LogP contribution is -2.65. The van der Waals surface area contributed by atoms with Crippen molar-refractivity contribution in [2.45, 2.75) is 36.2 Å². The Hall–Kier alpha value is -1.40. The first-order valence-electron chi connectivity index (χ1n) is 7.82. The first-order chi connectivity index (χ1) is 11.0. The molecule has 4 unspecified atom stereocenters. The van der Waals surface area contributed by atoms with Crippen LogP contribution in [-0.4, -0.2) is 53.8 Å². The SMILES string of the molecule is O=C1N(C2CNCCC2F)CC(F)CC1(Cl)Nc1ccccc1.